The van der Waals surface area contributed by atoms with E-state index in [1.54, 1.807) is 0 Å². The first kappa shape index (κ1) is 15.7. The minimum absolute atomic E-state index is 0. The van der Waals surface area contributed by atoms with Crippen molar-refractivity contribution >= 4 is 25.8 Å². The first-order valence-corrected chi connectivity index (χ1v) is 7.69. The molecule has 1 unspecified atom stereocenters. The molecule has 0 aromatic heterocycles. The Morgan fingerprint density at radius 3 is 2.54 bits per heavy atom. The molecule has 5 N–H and O–H groups in total. The van der Waals surface area contributed by atoms with Gasteiger partial charge in [0.2, 0.25) is 0 Å². The normalized spacial score (nSPS) is 16.2. The molecule has 0 bridgehead atoms. The van der Waals surface area contributed by atoms with Gasteiger partial charge in [0, 0.05) is 0 Å². The minimum atomic E-state index is -4.88. The summed E-state index contributed by atoms with van der Waals surface area (Å²) >= 11 is 0.662. The molecule has 0 rings (SSSR count). The second-order valence-electron chi connectivity index (χ2n) is 2.60. The Labute approximate surface area is 86.6 Å². The van der Waals surface area contributed by atoms with E-state index < -0.39 is 14.2 Å². The van der Waals surface area contributed by atoms with Crippen molar-refractivity contribution in [1.29, 1.82) is 0 Å². The number of hydrogen-bond acceptors (Lipinski definition) is 2. The Morgan fingerprint density at radius 2 is 2.15 bits per heavy atom. The summed E-state index contributed by atoms with van der Waals surface area (Å²) in [7, 11) is 0. The van der Waals surface area contributed by atoms with Gasteiger partial charge < -0.3 is 6.15 Å². The van der Waals surface area contributed by atoms with Crippen LogP contribution in [-0.4, -0.2) is 18.3 Å². The molecule has 0 aliphatic heterocycles. The Kier molecular flexibility index (Phi) is 9.26. The summed E-state index contributed by atoms with van der Waals surface area (Å²) in [5.41, 5.74) is 0. The van der Waals surface area contributed by atoms with E-state index in [-0.39, 0.29) is 11.2 Å². The third kappa shape index (κ3) is 12.3. The molecule has 0 fully saturated rings. The van der Waals surface area contributed by atoms with E-state index in [9.17, 15) is 7.84 Å². The van der Waals surface area contributed by atoms with Crippen molar-refractivity contribution < 1.29 is 11.9 Å². The third-order valence-corrected chi connectivity index (χ3v) is 3.29. The van der Waals surface area contributed by atoms with Crippen LogP contribution in [0.4, 0.5) is 0 Å². The van der Waals surface area contributed by atoms with Gasteiger partial charge >= 0.3 is 80.2 Å². The molecule has 0 heterocycles. The van der Waals surface area contributed by atoms with Crippen molar-refractivity contribution in [1.82, 2.24) is 6.15 Å². The summed E-state index contributed by atoms with van der Waals surface area (Å²) in [6.07, 6.45) is 3.47. The zero-order valence-electron chi connectivity index (χ0n) is 7.99. The maximum atomic E-state index is 10.4. The quantitative estimate of drug-likeness (QED) is 0.584. The van der Waals surface area contributed by atoms with Crippen molar-refractivity contribution in [2.75, 3.05) is 0 Å². The van der Waals surface area contributed by atoms with Crippen LogP contribution in [0.2, 0.25) is 0 Å². The van der Waals surface area contributed by atoms with Crippen molar-refractivity contribution in [3.8, 4) is 0 Å². The average Bonchev–Trinajstić information content (AvgIpc) is 1.84. The zero-order valence-corrected chi connectivity index (χ0v) is 10.6. The molecular formula is C7H17AsClNO3. The Balaban J connectivity index is 0. The van der Waals surface area contributed by atoms with Crippen LogP contribution >= 0.6 is 11.6 Å². The maximum Gasteiger partial charge on any atom is -0.369 e. The summed E-state index contributed by atoms with van der Waals surface area (Å²) in [6, 6.07) is 0. The van der Waals surface area contributed by atoms with Gasteiger partial charge in [0.05, 0.1) is 0 Å². The van der Waals surface area contributed by atoms with E-state index in [4.69, 9.17) is 15.7 Å². The van der Waals surface area contributed by atoms with Gasteiger partial charge in [-0.25, -0.2) is 0 Å². The van der Waals surface area contributed by atoms with Gasteiger partial charge in [0.15, 0.2) is 0 Å². The summed E-state index contributed by atoms with van der Waals surface area (Å²) in [4.78, 5) is 0.773. The van der Waals surface area contributed by atoms with Crippen LogP contribution in [0.3, 0.4) is 0 Å². The SMILES string of the molecule is CCCCCC(Cl)=C[As](=O)([O-])O.[NH4+]. The van der Waals surface area contributed by atoms with Crippen LogP contribution in [0, 0.1) is 0 Å². The van der Waals surface area contributed by atoms with E-state index in [1.807, 2.05) is 6.92 Å². The van der Waals surface area contributed by atoms with E-state index in [0.29, 0.717) is 6.42 Å². The van der Waals surface area contributed by atoms with E-state index in [1.165, 1.54) is 0 Å². The molecule has 0 aliphatic rings. The molecule has 4 nitrogen and oxygen atoms in total. The van der Waals surface area contributed by atoms with Gasteiger partial charge in [-0.05, 0) is 0 Å². The number of quaternary nitrogens is 1. The van der Waals surface area contributed by atoms with Gasteiger partial charge in [-0.3, -0.25) is 0 Å². The van der Waals surface area contributed by atoms with Gasteiger partial charge in [-0.2, -0.15) is 0 Å². The fourth-order valence-corrected chi connectivity index (χ4v) is 2.57. The van der Waals surface area contributed by atoms with Gasteiger partial charge in [-0.1, -0.05) is 0 Å². The second kappa shape index (κ2) is 7.65. The molecule has 1 atom stereocenters. The summed E-state index contributed by atoms with van der Waals surface area (Å²) in [6.45, 7) is 2.05. The van der Waals surface area contributed by atoms with Crippen molar-refractivity contribution in [2.24, 2.45) is 0 Å². The molecule has 0 aromatic rings. The standard InChI is InChI=1S/C7H14AsClO3.H3N/c1-2-3-4-5-7(9)6-8(10,11)12;/h6H,2-5H2,1H3,(H2,10,11,12);1H3. The van der Waals surface area contributed by atoms with Gasteiger partial charge in [0.1, 0.15) is 0 Å². The molecule has 0 saturated heterocycles. The van der Waals surface area contributed by atoms with Crippen LogP contribution in [0.25, 0.3) is 0 Å². The van der Waals surface area contributed by atoms with Crippen LogP contribution in [-0.2, 0) is 3.74 Å². The first-order valence-electron chi connectivity index (χ1n) is 3.86. The summed E-state index contributed by atoms with van der Waals surface area (Å²) < 4.78 is 29.2. The smallest absolute Gasteiger partial charge is 0.369 e. The number of unbranched alkanes of at least 4 members (excludes halogenated alkanes) is 2. The molecule has 0 aromatic carbocycles. The average molecular weight is 274 g/mol. The fourth-order valence-electron chi connectivity index (χ4n) is 0.785. The number of rotatable bonds is 5. The maximum absolute atomic E-state index is 10.4. The van der Waals surface area contributed by atoms with Gasteiger partial charge in [0.25, 0.3) is 0 Å². The Bertz CT molecular complexity index is 202. The number of halogens is 1. The van der Waals surface area contributed by atoms with Crippen LogP contribution in [0.1, 0.15) is 32.6 Å². The van der Waals surface area contributed by atoms with Crippen molar-refractivity contribution in [3.05, 3.63) is 9.90 Å². The van der Waals surface area contributed by atoms with E-state index in [2.05, 4.69) is 0 Å². The Morgan fingerprint density at radius 1 is 1.62 bits per heavy atom. The van der Waals surface area contributed by atoms with Crippen LogP contribution < -0.4 is 10.2 Å². The topological polar surface area (TPSA) is 96.9 Å². The molecule has 13 heavy (non-hydrogen) atoms. The van der Waals surface area contributed by atoms with Gasteiger partial charge in [-0.15, -0.1) is 0 Å². The largest absolute Gasteiger partial charge is 0.369 e. The number of allylic oxidation sites excluding steroid dienone is 1. The van der Waals surface area contributed by atoms with Crippen LogP contribution in [0.15, 0.2) is 9.90 Å². The molecule has 0 spiro atoms. The van der Waals surface area contributed by atoms with E-state index in [0.717, 1.165) is 24.1 Å². The molecule has 0 saturated carbocycles. The predicted molar refractivity (Wildman–Crippen MR) is 52.7 cm³/mol. The monoisotopic (exact) mass is 273 g/mol. The summed E-state index contributed by atoms with van der Waals surface area (Å²) in [5, 5.41) is 0.225. The molecule has 0 aliphatic carbocycles. The molecule has 0 amide bonds. The second-order valence-corrected chi connectivity index (χ2v) is 5.99. The third-order valence-electron chi connectivity index (χ3n) is 1.32. The van der Waals surface area contributed by atoms with Crippen LogP contribution in [0.5, 0.6) is 0 Å². The minimum Gasteiger partial charge on any atom is -0.369 e. The zero-order chi connectivity index (χ0) is 9.61. The van der Waals surface area contributed by atoms with Crippen molar-refractivity contribution in [2.45, 2.75) is 32.6 Å². The van der Waals surface area contributed by atoms with Crippen molar-refractivity contribution in [3.63, 3.8) is 0 Å². The fraction of sp³-hybridized carbons (Fsp3) is 0.714. The predicted octanol–water partition coefficient (Wildman–Crippen LogP) is 1.33. The molecule has 6 heteroatoms. The van der Waals surface area contributed by atoms with E-state index >= 15 is 0 Å². The first-order chi connectivity index (χ1) is 5.45. The molecular weight excluding hydrogens is 256 g/mol. The number of hydrogen-bond donors (Lipinski definition) is 2. The molecule has 80 valence electrons. The molecule has 0 radical (unpaired) electrons. The Hall–Kier alpha value is 0.268. The summed E-state index contributed by atoms with van der Waals surface area (Å²) in [5.74, 6) is 0.